The van der Waals surface area contributed by atoms with E-state index in [0.717, 1.165) is 0 Å². The Labute approximate surface area is 91.5 Å². The topological polar surface area (TPSA) is 63.8 Å². The first-order chi connectivity index (χ1) is 7.74. The van der Waals surface area contributed by atoms with Crippen LogP contribution in [-0.4, -0.2) is 16.3 Å². The van der Waals surface area contributed by atoms with Crippen LogP contribution in [0, 0.1) is 5.82 Å². The number of aromatic amines is 1. The van der Waals surface area contributed by atoms with Crippen LogP contribution in [-0.2, 0) is 6.54 Å². The van der Waals surface area contributed by atoms with E-state index in [1.54, 1.807) is 24.3 Å². The van der Waals surface area contributed by atoms with Crippen molar-refractivity contribution in [3.05, 3.63) is 46.5 Å². The summed E-state index contributed by atoms with van der Waals surface area (Å²) in [7, 11) is 0. The molecule has 0 saturated heterocycles. The van der Waals surface area contributed by atoms with Gasteiger partial charge in [-0.15, -0.1) is 0 Å². The third-order valence-corrected chi connectivity index (χ3v) is 2.31. The Balaban J connectivity index is 2.51. The second-order valence-corrected chi connectivity index (χ2v) is 3.41. The van der Waals surface area contributed by atoms with Gasteiger partial charge in [0.05, 0.1) is 6.54 Å². The van der Waals surface area contributed by atoms with E-state index in [4.69, 9.17) is 5.73 Å². The van der Waals surface area contributed by atoms with Crippen molar-refractivity contribution in [3.63, 3.8) is 0 Å². The average Bonchev–Trinajstić information content (AvgIpc) is 2.59. The number of benzene rings is 1. The molecule has 0 spiro atoms. The van der Waals surface area contributed by atoms with Crippen molar-refractivity contribution < 1.29 is 4.39 Å². The molecule has 1 aromatic heterocycles. The van der Waals surface area contributed by atoms with Gasteiger partial charge in [0, 0.05) is 12.1 Å². The number of nitrogens with two attached hydrogens (primary N) is 1. The summed E-state index contributed by atoms with van der Waals surface area (Å²) in [6.45, 7) is 0.566. The molecule has 0 saturated carbocycles. The molecular formula is C11H12FN3O. The van der Waals surface area contributed by atoms with Crippen LogP contribution in [0.1, 0.15) is 0 Å². The lowest BCUT2D eigenvalue weighted by molar-refractivity contribution is 0.577. The van der Waals surface area contributed by atoms with Crippen molar-refractivity contribution in [3.8, 4) is 11.3 Å². The summed E-state index contributed by atoms with van der Waals surface area (Å²) in [6, 6.07) is 8.87. The van der Waals surface area contributed by atoms with Gasteiger partial charge >= 0.3 is 5.56 Å². The number of nitrogens with zero attached hydrogens (tertiary/aromatic N) is 1. The van der Waals surface area contributed by atoms with E-state index in [0.29, 0.717) is 5.56 Å². The van der Waals surface area contributed by atoms with Crippen molar-refractivity contribution in [1.29, 1.82) is 0 Å². The molecule has 0 aliphatic heterocycles. The van der Waals surface area contributed by atoms with Gasteiger partial charge in [-0.1, -0.05) is 30.3 Å². The summed E-state index contributed by atoms with van der Waals surface area (Å²) < 4.78 is 14.8. The molecule has 0 atom stereocenters. The number of hydrogen-bond donors (Lipinski definition) is 2. The number of halogens is 1. The zero-order valence-corrected chi connectivity index (χ0v) is 8.61. The van der Waals surface area contributed by atoms with E-state index < -0.39 is 11.4 Å². The van der Waals surface area contributed by atoms with Crippen molar-refractivity contribution in [2.75, 3.05) is 6.54 Å². The fourth-order valence-electron chi connectivity index (χ4n) is 1.54. The largest absolute Gasteiger partial charge is 0.329 e. The molecule has 0 aliphatic rings. The fraction of sp³-hybridized carbons (Fsp3) is 0.182. The third kappa shape index (κ3) is 1.77. The van der Waals surface area contributed by atoms with Gasteiger partial charge in [0.2, 0.25) is 5.82 Å². The smallest absolute Gasteiger partial charge is 0.303 e. The van der Waals surface area contributed by atoms with Crippen LogP contribution in [0.4, 0.5) is 4.39 Å². The summed E-state index contributed by atoms with van der Waals surface area (Å²) in [5, 5.41) is 2.72. The maximum absolute atomic E-state index is 13.6. The second-order valence-electron chi connectivity index (χ2n) is 3.41. The van der Waals surface area contributed by atoms with E-state index in [-0.39, 0.29) is 18.8 Å². The molecule has 0 bridgehead atoms. The number of hydrogen-bond acceptors (Lipinski definition) is 2. The number of nitrogens with one attached hydrogen (secondary N) is 1. The normalized spacial score (nSPS) is 10.6. The lowest BCUT2D eigenvalue weighted by atomic mass is 10.1. The molecule has 1 heterocycles. The molecule has 16 heavy (non-hydrogen) atoms. The SMILES string of the molecule is NCCn1[nH]c(-c2ccccc2)c(F)c1=O. The van der Waals surface area contributed by atoms with Crippen LogP contribution in [0.5, 0.6) is 0 Å². The molecular weight excluding hydrogens is 209 g/mol. The van der Waals surface area contributed by atoms with E-state index >= 15 is 0 Å². The molecule has 3 N–H and O–H groups in total. The first-order valence-corrected chi connectivity index (χ1v) is 4.98. The Bertz CT molecular complexity index is 530. The predicted octanol–water partition coefficient (Wildman–Crippen LogP) is 0.941. The predicted molar refractivity (Wildman–Crippen MR) is 59.5 cm³/mol. The molecule has 0 unspecified atom stereocenters. The van der Waals surface area contributed by atoms with Gasteiger partial charge < -0.3 is 5.73 Å². The van der Waals surface area contributed by atoms with E-state index in [2.05, 4.69) is 5.10 Å². The van der Waals surface area contributed by atoms with E-state index in [9.17, 15) is 9.18 Å². The summed E-state index contributed by atoms with van der Waals surface area (Å²) in [5.41, 5.74) is 5.52. The Kier molecular flexibility index (Phi) is 2.87. The van der Waals surface area contributed by atoms with Gasteiger partial charge in [-0.3, -0.25) is 9.89 Å². The summed E-state index contributed by atoms with van der Waals surface area (Å²) in [6.07, 6.45) is 0. The van der Waals surface area contributed by atoms with Crippen LogP contribution in [0.2, 0.25) is 0 Å². The van der Waals surface area contributed by atoms with Crippen LogP contribution >= 0.6 is 0 Å². The van der Waals surface area contributed by atoms with Gasteiger partial charge in [-0.2, -0.15) is 4.39 Å². The number of rotatable bonds is 3. The minimum atomic E-state index is -0.764. The first-order valence-electron chi connectivity index (χ1n) is 4.98. The number of aromatic nitrogens is 2. The van der Waals surface area contributed by atoms with Gasteiger partial charge in [0.25, 0.3) is 0 Å². The van der Waals surface area contributed by atoms with Crippen LogP contribution < -0.4 is 11.3 Å². The maximum Gasteiger partial charge on any atom is 0.303 e. The highest BCUT2D eigenvalue weighted by molar-refractivity contribution is 5.58. The van der Waals surface area contributed by atoms with Crippen molar-refractivity contribution in [2.24, 2.45) is 5.73 Å². The Morgan fingerprint density at radius 1 is 1.31 bits per heavy atom. The van der Waals surface area contributed by atoms with Crippen LogP contribution in [0.3, 0.4) is 0 Å². The molecule has 4 nitrogen and oxygen atoms in total. The molecule has 0 amide bonds. The fourth-order valence-corrected chi connectivity index (χ4v) is 1.54. The van der Waals surface area contributed by atoms with E-state index in [1.165, 1.54) is 4.68 Å². The van der Waals surface area contributed by atoms with Crippen LogP contribution in [0.25, 0.3) is 11.3 Å². The molecule has 2 rings (SSSR count). The molecule has 0 radical (unpaired) electrons. The summed E-state index contributed by atoms with van der Waals surface area (Å²) in [4.78, 5) is 11.5. The number of H-pyrrole nitrogens is 1. The van der Waals surface area contributed by atoms with Gasteiger partial charge in [-0.05, 0) is 0 Å². The maximum atomic E-state index is 13.6. The molecule has 0 aliphatic carbocycles. The van der Waals surface area contributed by atoms with Gasteiger partial charge in [-0.25, -0.2) is 4.68 Å². The molecule has 84 valence electrons. The zero-order valence-electron chi connectivity index (χ0n) is 8.61. The molecule has 2 aromatic rings. The first kappa shape index (κ1) is 10.6. The monoisotopic (exact) mass is 221 g/mol. The minimum Gasteiger partial charge on any atom is -0.329 e. The van der Waals surface area contributed by atoms with Crippen molar-refractivity contribution in [1.82, 2.24) is 9.78 Å². The molecule has 0 fully saturated rings. The van der Waals surface area contributed by atoms with Gasteiger partial charge in [0.15, 0.2) is 0 Å². The Morgan fingerprint density at radius 3 is 2.62 bits per heavy atom. The van der Waals surface area contributed by atoms with Crippen molar-refractivity contribution >= 4 is 0 Å². The zero-order chi connectivity index (χ0) is 11.5. The lowest BCUT2D eigenvalue weighted by Crippen LogP contribution is -2.22. The average molecular weight is 221 g/mol. The highest BCUT2D eigenvalue weighted by Gasteiger charge is 2.14. The summed E-state index contributed by atoms with van der Waals surface area (Å²) in [5.74, 6) is -0.764. The second kappa shape index (κ2) is 4.32. The lowest BCUT2D eigenvalue weighted by Gasteiger charge is -1.98. The summed E-state index contributed by atoms with van der Waals surface area (Å²) >= 11 is 0. The van der Waals surface area contributed by atoms with Crippen molar-refractivity contribution in [2.45, 2.75) is 6.54 Å². The highest BCUT2D eigenvalue weighted by Crippen LogP contribution is 2.17. The molecule has 5 heteroatoms. The third-order valence-electron chi connectivity index (χ3n) is 2.31. The molecule has 1 aromatic carbocycles. The highest BCUT2D eigenvalue weighted by atomic mass is 19.1. The van der Waals surface area contributed by atoms with Crippen LogP contribution in [0.15, 0.2) is 35.1 Å². The standard InChI is InChI=1S/C11H12FN3O/c12-9-10(8-4-2-1-3-5-8)14-15(7-6-13)11(9)16/h1-5,14H,6-7,13H2. The van der Waals surface area contributed by atoms with Gasteiger partial charge in [0.1, 0.15) is 5.69 Å². The Morgan fingerprint density at radius 2 is 2.00 bits per heavy atom. The quantitative estimate of drug-likeness (QED) is 0.810. The Hall–Kier alpha value is -1.88. The van der Waals surface area contributed by atoms with E-state index in [1.807, 2.05) is 6.07 Å². The minimum absolute atomic E-state index is 0.207.